The molecule has 1 aliphatic rings. The number of benzene rings is 1. The predicted molar refractivity (Wildman–Crippen MR) is 72.1 cm³/mol. The quantitative estimate of drug-likeness (QED) is 0.824. The standard InChI is InChI=1S/C14H21N3O/c1-11-3-5-12(6-4-11)10-17-8-2-7-16-14(18)13(17)9-15/h3-6,13H,2,7-10,15H2,1H3,(H,16,18). The second kappa shape index (κ2) is 5.98. The Hall–Kier alpha value is -1.39. The molecule has 98 valence electrons. The number of rotatable bonds is 3. The molecule has 1 fully saturated rings. The lowest BCUT2D eigenvalue weighted by molar-refractivity contribution is -0.125. The second-order valence-electron chi connectivity index (χ2n) is 4.85. The minimum atomic E-state index is -0.200. The van der Waals surface area contributed by atoms with Gasteiger partial charge in [0.25, 0.3) is 0 Å². The summed E-state index contributed by atoms with van der Waals surface area (Å²) in [5, 5.41) is 2.91. The molecular formula is C14H21N3O. The van der Waals surface area contributed by atoms with Crippen LogP contribution in [0.1, 0.15) is 17.5 Å². The van der Waals surface area contributed by atoms with E-state index >= 15 is 0 Å². The van der Waals surface area contributed by atoms with E-state index in [9.17, 15) is 4.79 Å². The monoisotopic (exact) mass is 247 g/mol. The van der Waals surface area contributed by atoms with Gasteiger partial charge in [-0.2, -0.15) is 0 Å². The van der Waals surface area contributed by atoms with Gasteiger partial charge in [-0.15, -0.1) is 0 Å². The zero-order valence-corrected chi connectivity index (χ0v) is 10.9. The minimum absolute atomic E-state index is 0.0575. The van der Waals surface area contributed by atoms with Gasteiger partial charge in [-0.25, -0.2) is 0 Å². The Balaban J connectivity index is 2.09. The fourth-order valence-electron chi connectivity index (χ4n) is 2.31. The molecular weight excluding hydrogens is 226 g/mol. The van der Waals surface area contributed by atoms with Crippen LogP contribution in [-0.4, -0.2) is 36.5 Å². The van der Waals surface area contributed by atoms with E-state index in [-0.39, 0.29) is 11.9 Å². The Morgan fingerprint density at radius 1 is 1.39 bits per heavy atom. The van der Waals surface area contributed by atoms with Crippen molar-refractivity contribution < 1.29 is 4.79 Å². The highest BCUT2D eigenvalue weighted by Gasteiger charge is 2.26. The molecule has 1 saturated heterocycles. The molecule has 1 aliphatic heterocycles. The second-order valence-corrected chi connectivity index (χ2v) is 4.85. The molecule has 1 aromatic rings. The lowest BCUT2D eigenvalue weighted by Gasteiger charge is -2.27. The zero-order chi connectivity index (χ0) is 13.0. The molecule has 1 aromatic carbocycles. The molecule has 4 nitrogen and oxygen atoms in total. The Morgan fingerprint density at radius 3 is 2.78 bits per heavy atom. The smallest absolute Gasteiger partial charge is 0.238 e. The lowest BCUT2D eigenvalue weighted by Crippen LogP contribution is -2.48. The van der Waals surface area contributed by atoms with Crippen molar-refractivity contribution in [2.45, 2.75) is 25.9 Å². The van der Waals surface area contributed by atoms with Crippen LogP contribution in [0, 0.1) is 6.92 Å². The average molecular weight is 247 g/mol. The van der Waals surface area contributed by atoms with Crippen LogP contribution in [0.2, 0.25) is 0 Å². The maximum absolute atomic E-state index is 11.9. The van der Waals surface area contributed by atoms with E-state index in [1.807, 2.05) is 0 Å². The highest BCUT2D eigenvalue weighted by molar-refractivity contribution is 5.82. The van der Waals surface area contributed by atoms with Gasteiger partial charge in [-0.3, -0.25) is 9.69 Å². The van der Waals surface area contributed by atoms with Crippen LogP contribution in [-0.2, 0) is 11.3 Å². The highest BCUT2D eigenvalue weighted by atomic mass is 16.2. The molecule has 0 spiro atoms. The number of hydrogen-bond donors (Lipinski definition) is 2. The normalized spacial score (nSPS) is 21.4. The van der Waals surface area contributed by atoms with E-state index in [1.54, 1.807) is 0 Å². The summed E-state index contributed by atoms with van der Waals surface area (Å²) >= 11 is 0. The maximum Gasteiger partial charge on any atom is 0.238 e. The molecule has 18 heavy (non-hydrogen) atoms. The van der Waals surface area contributed by atoms with Gasteiger partial charge in [-0.05, 0) is 18.9 Å². The van der Waals surface area contributed by atoms with Gasteiger partial charge < -0.3 is 11.1 Å². The van der Waals surface area contributed by atoms with Crippen LogP contribution in [0.15, 0.2) is 24.3 Å². The van der Waals surface area contributed by atoms with Crippen molar-refractivity contribution in [1.29, 1.82) is 0 Å². The fraction of sp³-hybridized carbons (Fsp3) is 0.500. The van der Waals surface area contributed by atoms with Crippen molar-refractivity contribution >= 4 is 5.91 Å². The highest BCUT2D eigenvalue weighted by Crippen LogP contribution is 2.12. The first-order chi connectivity index (χ1) is 8.70. The van der Waals surface area contributed by atoms with Gasteiger partial charge in [0.15, 0.2) is 0 Å². The molecule has 3 N–H and O–H groups in total. The van der Waals surface area contributed by atoms with Crippen LogP contribution in [0.3, 0.4) is 0 Å². The van der Waals surface area contributed by atoms with Gasteiger partial charge in [0.1, 0.15) is 6.04 Å². The fourth-order valence-corrected chi connectivity index (χ4v) is 2.31. The first-order valence-electron chi connectivity index (χ1n) is 6.48. The van der Waals surface area contributed by atoms with E-state index < -0.39 is 0 Å². The molecule has 0 bridgehead atoms. The topological polar surface area (TPSA) is 58.4 Å². The molecule has 0 aliphatic carbocycles. The van der Waals surface area contributed by atoms with Gasteiger partial charge in [-0.1, -0.05) is 29.8 Å². The number of carbonyl (C=O) groups excluding carboxylic acids is 1. The van der Waals surface area contributed by atoms with Crippen molar-refractivity contribution in [2.75, 3.05) is 19.6 Å². The SMILES string of the molecule is Cc1ccc(CN2CCCNC(=O)C2CN)cc1. The van der Waals surface area contributed by atoms with Crippen LogP contribution in [0.4, 0.5) is 0 Å². The number of hydrogen-bond acceptors (Lipinski definition) is 3. The molecule has 0 radical (unpaired) electrons. The largest absolute Gasteiger partial charge is 0.355 e. The third-order valence-electron chi connectivity index (χ3n) is 3.39. The van der Waals surface area contributed by atoms with Crippen LogP contribution < -0.4 is 11.1 Å². The van der Waals surface area contributed by atoms with Crippen molar-refractivity contribution in [3.8, 4) is 0 Å². The van der Waals surface area contributed by atoms with Gasteiger partial charge >= 0.3 is 0 Å². The van der Waals surface area contributed by atoms with Crippen molar-refractivity contribution in [3.05, 3.63) is 35.4 Å². The van der Waals surface area contributed by atoms with E-state index in [2.05, 4.69) is 41.4 Å². The summed E-state index contributed by atoms with van der Waals surface area (Å²) < 4.78 is 0. The summed E-state index contributed by atoms with van der Waals surface area (Å²) in [6.45, 7) is 4.90. The Bertz CT molecular complexity index is 402. The first kappa shape index (κ1) is 13.1. The summed E-state index contributed by atoms with van der Waals surface area (Å²) in [6, 6.07) is 8.24. The molecule has 1 unspecified atom stereocenters. The average Bonchev–Trinajstić information content (AvgIpc) is 2.54. The van der Waals surface area contributed by atoms with Crippen molar-refractivity contribution in [1.82, 2.24) is 10.2 Å². The first-order valence-corrected chi connectivity index (χ1v) is 6.48. The molecule has 1 heterocycles. The molecule has 0 saturated carbocycles. The zero-order valence-electron chi connectivity index (χ0n) is 10.9. The molecule has 4 heteroatoms. The summed E-state index contributed by atoms with van der Waals surface area (Å²) in [5.41, 5.74) is 8.21. The number of nitrogens with zero attached hydrogens (tertiary/aromatic N) is 1. The van der Waals surface area contributed by atoms with Crippen LogP contribution in [0.25, 0.3) is 0 Å². The number of nitrogens with one attached hydrogen (secondary N) is 1. The number of carbonyl (C=O) groups is 1. The lowest BCUT2D eigenvalue weighted by atomic mass is 10.1. The summed E-state index contributed by atoms with van der Waals surface area (Å²) in [5.74, 6) is 0.0575. The Kier molecular flexibility index (Phi) is 4.33. The Morgan fingerprint density at radius 2 is 2.11 bits per heavy atom. The number of nitrogens with two attached hydrogens (primary N) is 1. The number of amides is 1. The molecule has 2 rings (SSSR count). The number of aryl methyl sites for hydroxylation is 1. The molecule has 0 aromatic heterocycles. The molecule has 1 atom stereocenters. The van der Waals surface area contributed by atoms with Gasteiger partial charge in [0.2, 0.25) is 5.91 Å². The molecule has 1 amide bonds. The summed E-state index contributed by atoms with van der Waals surface area (Å²) in [4.78, 5) is 14.0. The van der Waals surface area contributed by atoms with E-state index in [1.165, 1.54) is 11.1 Å². The van der Waals surface area contributed by atoms with Gasteiger partial charge in [0, 0.05) is 26.2 Å². The van der Waals surface area contributed by atoms with Crippen molar-refractivity contribution in [2.24, 2.45) is 5.73 Å². The van der Waals surface area contributed by atoms with E-state index in [4.69, 9.17) is 5.73 Å². The van der Waals surface area contributed by atoms with Crippen LogP contribution >= 0.6 is 0 Å². The van der Waals surface area contributed by atoms with E-state index in [0.717, 1.165) is 26.1 Å². The van der Waals surface area contributed by atoms with E-state index in [0.29, 0.717) is 6.54 Å². The predicted octanol–water partition coefficient (Wildman–Crippen LogP) is 0.644. The minimum Gasteiger partial charge on any atom is -0.355 e. The van der Waals surface area contributed by atoms with Crippen molar-refractivity contribution in [3.63, 3.8) is 0 Å². The maximum atomic E-state index is 11.9. The van der Waals surface area contributed by atoms with Gasteiger partial charge in [0.05, 0.1) is 0 Å². The summed E-state index contributed by atoms with van der Waals surface area (Å²) in [6.07, 6.45) is 0.980. The summed E-state index contributed by atoms with van der Waals surface area (Å²) in [7, 11) is 0. The third kappa shape index (κ3) is 3.09. The third-order valence-corrected chi connectivity index (χ3v) is 3.39. The van der Waals surface area contributed by atoms with Crippen LogP contribution in [0.5, 0.6) is 0 Å². The Labute approximate surface area is 108 Å².